The van der Waals surface area contributed by atoms with Gasteiger partial charge in [-0.3, -0.25) is 14.2 Å². The van der Waals surface area contributed by atoms with Crippen molar-refractivity contribution in [2.45, 2.75) is 25.8 Å². The average Bonchev–Trinajstić information content (AvgIpc) is 3.56. The summed E-state index contributed by atoms with van der Waals surface area (Å²) in [6.45, 7) is 2.36. The number of nitrogens with two attached hydrogens (primary N) is 1. The third kappa shape index (κ3) is 4.85. The lowest BCUT2D eigenvalue weighted by atomic mass is 9.95. The molecule has 0 aliphatic carbocycles. The van der Waals surface area contributed by atoms with Crippen LogP contribution in [0.25, 0.3) is 22.2 Å². The van der Waals surface area contributed by atoms with Crippen LogP contribution in [0.2, 0.25) is 0 Å². The summed E-state index contributed by atoms with van der Waals surface area (Å²) in [4.78, 5) is 20.4. The Morgan fingerprint density at radius 3 is 2.81 bits per heavy atom. The molecule has 0 spiro atoms. The molecule has 1 aromatic carbocycles. The van der Waals surface area contributed by atoms with Crippen molar-refractivity contribution in [1.82, 2.24) is 25.1 Å². The number of alkyl halides is 1. The molecule has 3 N–H and O–H groups in total. The number of carbonyl (C=O) groups is 1. The van der Waals surface area contributed by atoms with E-state index in [9.17, 15) is 9.18 Å². The van der Waals surface area contributed by atoms with Gasteiger partial charge in [-0.1, -0.05) is 31.1 Å². The van der Waals surface area contributed by atoms with Crippen molar-refractivity contribution in [3.05, 3.63) is 77.6 Å². The summed E-state index contributed by atoms with van der Waals surface area (Å²) in [5.41, 5.74) is 8.65. The van der Waals surface area contributed by atoms with Crippen molar-refractivity contribution in [3.63, 3.8) is 0 Å². The average molecular weight is 494 g/mol. The highest BCUT2D eigenvalue weighted by Gasteiger charge is 2.28. The first-order valence-electron chi connectivity index (χ1n) is 11.1. The Bertz CT molecular complexity index is 1470. The highest BCUT2D eigenvalue weighted by atomic mass is 19.1. The van der Waals surface area contributed by atoms with Crippen LogP contribution < -0.4 is 11.1 Å². The second-order valence-corrected chi connectivity index (χ2v) is 8.74. The van der Waals surface area contributed by atoms with Gasteiger partial charge < -0.3 is 15.6 Å². The van der Waals surface area contributed by atoms with E-state index in [1.807, 2.05) is 18.3 Å². The van der Waals surface area contributed by atoms with E-state index in [0.29, 0.717) is 11.1 Å². The number of benzene rings is 1. The number of rotatable bonds is 8. The largest absolute Gasteiger partial charge is 0.404 e. The second-order valence-electron chi connectivity index (χ2n) is 8.74. The van der Waals surface area contributed by atoms with Gasteiger partial charge in [0.25, 0.3) is 0 Å². The molecular weight excluding hydrogens is 468 g/mol. The van der Waals surface area contributed by atoms with Crippen molar-refractivity contribution >= 4 is 23.2 Å². The Labute approximate surface area is 205 Å². The highest BCUT2D eigenvalue weighted by Crippen LogP contribution is 2.29. The summed E-state index contributed by atoms with van der Waals surface area (Å²) in [7, 11) is 1.64. The number of allylic oxidation sites excluding steroid dienone is 1. The Kier molecular flexibility index (Phi) is 6.91. The van der Waals surface area contributed by atoms with Crippen LogP contribution in [0.15, 0.2) is 58.4 Å². The van der Waals surface area contributed by atoms with E-state index in [2.05, 4.69) is 25.5 Å². The van der Waals surface area contributed by atoms with E-state index >= 15 is 4.39 Å². The predicted octanol–water partition coefficient (Wildman–Crippen LogP) is 3.70. The van der Waals surface area contributed by atoms with Crippen LogP contribution in [-0.4, -0.2) is 45.6 Å². The van der Waals surface area contributed by atoms with Gasteiger partial charge >= 0.3 is 11.8 Å². The number of hydrogen-bond donors (Lipinski definition) is 2. The van der Waals surface area contributed by atoms with Crippen molar-refractivity contribution < 1.29 is 18.1 Å². The smallest absolute Gasteiger partial charge is 0.315 e. The first-order chi connectivity index (χ1) is 17.3. The van der Waals surface area contributed by atoms with Gasteiger partial charge in [0.15, 0.2) is 5.82 Å². The first-order valence-corrected chi connectivity index (χ1v) is 11.1. The minimum Gasteiger partial charge on any atom is -0.404 e. The van der Waals surface area contributed by atoms with E-state index in [0.717, 1.165) is 16.6 Å². The van der Waals surface area contributed by atoms with E-state index in [4.69, 9.17) is 10.3 Å². The van der Waals surface area contributed by atoms with E-state index < -0.39 is 23.8 Å². The van der Waals surface area contributed by atoms with Gasteiger partial charge in [-0.2, -0.15) is 10.1 Å². The fraction of sp³-hybridized carbons (Fsp3) is 0.240. The fourth-order valence-corrected chi connectivity index (χ4v) is 3.53. The Morgan fingerprint density at radius 1 is 1.31 bits per heavy atom. The van der Waals surface area contributed by atoms with Gasteiger partial charge in [0.05, 0.1) is 10.9 Å². The van der Waals surface area contributed by atoms with E-state index in [1.165, 1.54) is 12.3 Å². The molecule has 186 valence electrons. The van der Waals surface area contributed by atoms with Crippen molar-refractivity contribution in [3.8, 4) is 11.1 Å². The lowest BCUT2D eigenvalue weighted by Crippen LogP contribution is -2.25. The van der Waals surface area contributed by atoms with Gasteiger partial charge in [-0.15, -0.1) is 0 Å². The van der Waals surface area contributed by atoms with Crippen molar-refractivity contribution in [1.29, 1.82) is 0 Å². The van der Waals surface area contributed by atoms with Crippen molar-refractivity contribution in [2.24, 2.45) is 10.7 Å². The molecule has 0 aliphatic heterocycles. The quantitative estimate of drug-likeness (QED) is 0.361. The highest BCUT2D eigenvalue weighted by molar-refractivity contribution is 6.10. The summed E-state index contributed by atoms with van der Waals surface area (Å²) in [6.07, 6.45) is 6.54. The molecule has 9 nitrogen and oxygen atoms in total. The molecule has 36 heavy (non-hydrogen) atoms. The summed E-state index contributed by atoms with van der Waals surface area (Å²) in [6, 6.07) is 8.45. The number of aromatic nitrogens is 4. The molecule has 4 rings (SSSR count). The van der Waals surface area contributed by atoms with E-state index in [1.54, 1.807) is 50.0 Å². The number of hydrogen-bond acceptors (Lipinski definition) is 7. The van der Waals surface area contributed by atoms with Gasteiger partial charge in [0, 0.05) is 60.7 Å². The Morgan fingerprint density at radius 2 is 2.11 bits per heavy atom. The van der Waals surface area contributed by atoms with Gasteiger partial charge in [-0.25, -0.2) is 8.91 Å². The molecule has 0 unspecified atom stereocenters. The summed E-state index contributed by atoms with van der Waals surface area (Å²) >= 11 is 0. The zero-order valence-corrected chi connectivity index (χ0v) is 20.0. The number of nitrogens with zero attached hydrogens (tertiary/aromatic N) is 5. The lowest BCUT2D eigenvalue weighted by Gasteiger charge is -2.13. The maximum atomic E-state index is 15.0. The van der Waals surface area contributed by atoms with E-state index in [-0.39, 0.29) is 23.8 Å². The SMILES string of the molecule is CN=CC(=CN)c1cc(-c2ccc(CNC(=O)c3nc(C(C)(C)CF)no3)c(F)c2)c2ccnn2c1. The molecule has 0 fully saturated rings. The predicted molar refractivity (Wildman–Crippen MR) is 132 cm³/mol. The maximum Gasteiger partial charge on any atom is 0.315 e. The minimum absolute atomic E-state index is 0.0805. The third-order valence-corrected chi connectivity index (χ3v) is 5.65. The van der Waals surface area contributed by atoms with Gasteiger partial charge in [0.2, 0.25) is 0 Å². The number of nitrogens with one attached hydrogen (secondary N) is 1. The van der Waals surface area contributed by atoms with Gasteiger partial charge in [0.1, 0.15) is 12.5 Å². The van der Waals surface area contributed by atoms with Crippen LogP contribution in [0.4, 0.5) is 8.78 Å². The molecule has 0 bridgehead atoms. The molecule has 4 aromatic rings. The molecule has 1 amide bonds. The summed E-state index contributed by atoms with van der Waals surface area (Å²) in [5, 5.41) is 10.5. The summed E-state index contributed by atoms with van der Waals surface area (Å²) in [5.74, 6) is -1.43. The second kappa shape index (κ2) is 10.1. The van der Waals surface area contributed by atoms with Crippen LogP contribution in [0.5, 0.6) is 0 Å². The third-order valence-electron chi connectivity index (χ3n) is 5.65. The zero-order valence-electron chi connectivity index (χ0n) is 20.0. The molecule has 3 heterocycles. The van der Waals surface area contributed by atoms with Crippen LogP contribution >= 0.6 is 0 Å². The molecule has 0 saturated heterocycles. The van der Waals surface area contributed by atoms with Crippen LogP contribution in [-0.2, 0) is 12.0 Å². The number of amides is 1. The molecule has 0 atom stereocenters. The Hall–Kier alpha value is -4.41. The van der Waals surface area contributed by atoms with Crippen LogP contribution in [0, 0.1) is 5.82 Å². The lowest BCUT2D eigenvalue weighted by molar-refractivity contribution is 0.0906. The zero-order chi connectivity index (χ0) is 25.9. The fourth-order valence-electron chi connectivity index (χ4n) is 3.53. The van der Waals surface area contributed by atoms with Gasteiger partial charge in [-0.05, 0) is 23.8 Å². The molecule has 0 aliphatic rings. The topological polar surface area (TPSA) is 124 Å². The van der Waals surface area contributed by atoms with Crippen molar-refractivity contribution in [2.75, 3.05) is 13.7 Å². The Balaban J connectivity index is 1.57. The minimum atomic E-state index is -0.980. The number of halogens is 2. The van der Waals surface area contributed by atoms with Crippen LogP contribution in [0.3, 0.4) is 0 Å². The normalized spacial score (nSPS) is 12.5. The number of aliphatic imine (C=N–C) groups is 1. The summed E-state index contributed by atoms with van der Waals surface area (Å²) < 4.78 is 34.8. The molecule has 3 aromatic heterocycles. The monoisotopic (exact) mass is 493 g/mol. The van der Waals surface area contributed by atoms with Crippen LogP contribution in [0.1, 0.15) is 41.5 Å². The molecule has 11 heteroatoms. The maximum absolute atomic E-state index is 15.0. The standard InChI is InChI=1S/C25H25F2N7O2/c1-25(2,14-26)24-32-23(36-33-24)22(35)30-12-16-5-4-15(9-20(16)27)19-8-17(18(10-28)11-29-3)13-34-21(19)6-7-31-34/h4-11,13H,12,14,28H2,1-3H3,(H,30,35). The molecule has 0 radical (unpaired) electrons. The number of pyridine rings is 1. The molecular formula is C25H25F2N7O2. The molecule has 0 saturated carbocycles. The number of fused-ring (bicyclic) bond motifs is 1. The number of carbonyl (C=O) groups excluding carboxylic acids is 1. The first kappa shape index (κ1) is 24.7.